The molecule has 0 aromatic heterocycles. The molecule has 1 unspecified atom stereocenters. The lowest BCUT2D eigenvalue weighted by Gasteiger charge is -2.29. The fourth-order valence-corrected chi connectivity index (χ4v) is 4.03. The summed E-state index contributed by atoms with van der Waals surface area (Å²) in [4.78, 5) is 0. The Bertz CT molecular complexity index is 204. The van der Waals surface area contributed by atoms with Crippen LogP contribution in [0.4, 0.5) is 0 Å². The minimum atomic E-state index is -0.182. The molecule has 2 fully saturated rings. The van der Waals surface area contributed by atoms with Crippen LogP contribution in [-0.2, 0) is 14.2 Å². The lowest BCUT2D eigenvalue weighted by Crippen LogP contribution is -2.45. The molecule has 0 saturated carbocycles. The summed E-state index contributed by atoms with van der Waals surface area (Å²) < 4.78 is 16.6. The van der Waals surface area contributed by atoms with E-state index in [0.29, 0.717) is 17.9 Å². The van der Waals surface area contributed by atoms with Gasteiger partial charge in [0, 0.05) is 26.0 Å². The van der Waals surface area contributed by atoms with Gasteiger partial charge in [0.1, 0.15) is 19.6 Å². The van der Waals surface area contributed by atoms with Crippen LogP contribution in [0.1, 0.15) is 0 Å². The highest BCUT2D eigenvalue weighted by Crippen LogP contribution is 2.48. The number of methoxy groups -OCH3 is 2. The third kappa shape index (κ3) is 1.33. The maximum Gasteiger partial charge on any atom is 0.140 e. The topological polar surface area (TPSA) is 27.7 Å². The van der Waals surface area contributed by atoms with Crippen LogP contribution in [0.25, 0.3) is 0 Å². The zero-order valence-electron chi connectivity index (χ0n) is 8.28. The van der Waals surface area contributed by atoms with Crippen LogP contribution in [0.15, 0.2) is 0 Å². The van der Waals surface area contributed by atoms with Gasteiger partial charge in [-0.15, -0.1) is 0 Å². The first-order valence-corrected chi connectivity index (χ1v) is 5.59. The first-order chi connectivity index (χ1) is 6.23. The van der Waals surface area contributed by atoms with E-state index in [4.69, 9.17) is 14.2 Å². The Kier molecular flexibility index (Phi) is 2.62. The third-order valence-electron chi connectivity index (χ3n) is 2.86. The molecule has 4 atom stereocenters. The summed E-state index contributed by atoms with van der Waals surface area (Å²) in [6.45, 7) is 0.638. The monoisotopic (exact) mass is 202 g/mol. The number of hydrogen-bond acceptors (Lipinski definition) is 4. The Morgan fingerprint density at radius 1 is 1.62 bits per heavy atom. The Morgan fingerprint density at radius 2 is 2.38 bits per heavy atom. The second kappa shape index (κ2) is 3.46. The van der Waals surface area contributed by atoms with E-state index in [0.717, 1.165) is 5.75 Å². The van der Waals surface area contributed by atoms with Crippen molar-refractivity contribution in [3.63, 3.8) is 0 Å². The van der Waals surface area contributed by atoms with Crippen molar-refractivity contribution in [3.05, 3.63) is 0 Å². The molecule has 0 amide bonds. The molecule has 2 aliphatic heterocycles. The van der Waals surface area contributed by atoms with E-state index in [1.54, 1.807) is 14.2 Å². The van der Waals surface area contributed by atoms with Gasteiger partial charge in [0.15, 0.2) is 0 Å². The van der Waals surface area contributed by atoms with Crippen LogP contribution in [0, 0.1) is 0 Å². The standard InChI is InChI=1S/C8H15BO3S/c1-10-3-8-4-13-5(6(8)11-2)7(9)12-8/h5-7H,3-4,9H2,1-2H3/t5-,6?,7+,8+/m0/s1. The highest BCUT2D eigenvalue weighted by Gasteiger charge is 2.59. The van der Waals surface area contributed by atoms with Gasteiger partial charge in [-0.25, -0.2) is 0 Å². The van der Waals surface area contributed by atoms with Crippen molar-refractivity contribution in [1.82, 2.24) is 0 Å². The van der Waals surface area contributed by atoms with Crippen molar-refractivity contribution in [2.45, 2.75) is 23.0 Å². The van der Waals surface area contributed by atoms with E-state index in [1.807, 2.05) is 11.8 Å². The smallest absolute Gasteiger partial charge is 0.140 e. The van der Waals surface area contributed by atoms with Crippen LogP contribution in [0.3, 0.4) is 0 Å². The fourth-order valence-electron chi connectivity index (χ4n) is 2.38. The molecule has 5 heteroatoms. The second-order valence-electron chi connectivity index (χ2n) is 3.75. The highest BCUT2D eigenvalue weighted by molar-refractivity contribution is 8.00. The van der Waals surface area contributed by atoms with Crippen molar-refractivity contribution < 1.29 is 14.2 Å². The van der Waals surface area contributed by atoms with Crippen molar-refractivity contribution in [2.75, 3.05) is 26.6 Å². The van der Waals surface area contributed by atoms with Crippen molar-refractivity contribution in [3.8, 4) is 0 Å². The Labute approximate surface area is 83.9 Å². The van der Waals surface area contributed by atoms with Crippen molar-refractivity contribution in [1.29, 1.82) is 0 Å². The van der Waals surface area contributed by atoms with Gasteiger partial charge in [-0.3, -0.25) is 0 Å². The van der Waals surface area contributed by atoms with Crippen LogP contribution in [-0.4, -0.2) is 57.4 Å². The first-order valence-electron chi connectivity index (χ1n) is 4.54. The van der Waals surface area contributed by atoms with E-state index in [2.05, 4.69) is 7.85 Å². The second-order valence-corrected chi connectivity index (χ2v) is 4.92. The van der Waals surface area contributed by atoms with Gasteiger partial charge in [-0.2, -0.15) is 11.8 Å². The minimum Gasteiger partial charge on any atom is -0.382 e. The normalized spacial score (nSPS) is 48.6. The summed E-state index contributed by atoms with van der Waals surface area (Å²) in [5, 5.41) is 0.486. The van der Waals surface area contributed by atoms with E-state index in [1.165, 1.54) is 0 Å². The van der Waals surface area contributed by atoms with Crippen LogP contribution < -0.4 is 0 Å². The summed E-state index contributed by atoms with van der Waals surface area (Å²) in [7, 11) is 5.58. The SMILES string of the molecule is B[C@@H]1O[C@]2(COC)CS[C@H]1C2OC. The number of rotatable bonds is 3. The van der Waals surface area contributed by atoms with Crippen molar-refractivity contribution in [2.24, 2.45) is 0 Å². The molecule has 0 spiro atoms. The van der Waals surface area contributed by atoms with E-state index < -0.39 is 0 Å². The molecule has 0 radical (unpaired) electrons. The molecule has 2 rings (SSSR count). The molecule has 2 aliphatic rings. The van der Waals surface area contributed by atoms with Crippen LogP contribution >= 0.6 is 11.8 Å². The summed E-state index contributed by atoms with van der Waals surface area (Å²) >= 11 is 1.94. The molecule has 0 aliphatic carbocycles. The van der Waals surface area contributed by atoms with Crippen LogP contribution in [0.2, 0.25) is 0 Å². The molecule has 3 nitrogen and oxygen atoms in total. The molecule has 13 heavy (non-hydrogen) atoms. The van der Waals surface area contributed by atoms with E-state index in [-0.39, 0.29) is 11.7 Å². The zero-order valence-corrected chi connectivity index (χ0v) is 9.10. The maximum absolute atomic E-state index is 5.92. The maximum atomic E-state index is 5.92. The summed E-state index contributed by atoms with van der Waals surface area (Å²) in [6, 6.07) is 0.291. The van der Waals surface area contributed by atoms with Gasteiger partial charge in [-0.05, 0) is 0 Å². The predicted molar refractivity (Wildman–Crippen MR) is 55.1 cm³/mol. The quantitative estimate of drug-likeness (QED) is 0.576. The molecule has 2 bridgehead atoms. The molecule has 74 valence electrons. The highest BCUT2D eigenvalue weighted by atomic mass is 32.2. The van der Waals surface area contributed by atoms with Gasteiger partial charge in [0.2, 0.25) is 0 Å². The minimum absolute atomic E-state index is 0.182. The predicted octanol–water partition coefficient (Wildman–Crippen LogP) is -0.509. The molecule has 2 heterocycles. The average molecular weight is 202 g/mol. The molecular weight excluding hydrogens is 187 g/mol. The number of hydrogen-bond donors (Lipinski definition) is 0. The molecule has 2 saturated heterocycles. The number of fused-ring (bicyclic) bond motifs is 2. The third-order valence-corrected chi connectivity index (χ3v) is 4.53. The van der Waals surface area contributed by atoms with Gasteiger partial charge >= 0.3 is 0 Å². The fraction of sp³-hybridized carbons (Fsp3) is 1.00. The molecular formula is C8H15BO3S. The van der Waals surface area contributed by atoms with E-state index in [9.17, 15) is 0 Å². The summed E-state index contributed by atoms with van der Waals surface area (Å²) in [5.41, 5.74) is -0.182. The van der Waals surface area contributed by atoms with E-state index >= 15 is 0 Å². The average Bonchev–Trinajstić information content (AvgIpc) is 2.55. The first kappa shape index (κ1) is 9.83. The van der Waals surface area contributed by atoms with Crippen LogP contribution in [0.5, 0.6) is 0 Å². The largest absolute Gasteiger partial charge is 0.382 e. The number of ether oxygens (including phenoxy) is 3. The van der Waals surface area contributed by atoms with Gasteiger partial charge in [-0.1, -0.05) is 0 Å². The Morgan fingerprint density at radius 3 is 2.92 bits per heavy atom. The summed E-state index contributed by atoms with van der Waals surface area (Å²) in [5.74, 6) is 0.994. The molecule has 0 aromatic carbocycles. The van der Waals surface area contributed by atoms with Gasteiger partial charge in [0.05, 0.1) is 11.9 Å². The zero-order chi connectivity index (χ0) is 9.47. The van der Waals surface area contributed by atoms with Gasteiger partial charge < -0.3 is 14.2 Å². The van der Waals surface area contributed by atoms with Gasteiger partial charge in [0.25, 0.3) is 0 Å². The lowest BCUT2D eigenvalue weighted by atomic mass is 9.93. The Balaban J connectivity index is 2.17. The van der Waals surface area contributed by atoms with Crippen molar-refractivity contribution >= 4 is 19.6 Å². The summed E-state index contributed by atoms with van der Waals surface area (Å²) in [6.07, 6.45) is 0.201. The molecule has 0 N–H and O–H groups in total. The Hall–Kier alpha value is 0.295. The number of thioether (sulfide) groups is 1. The lowest BCUT2D eigenvalue weighted by molar-refractivity contribution is -0.0981. The molecule has 0 aromatic rings.